The topological polar surface area (TPSA) is 81.7 Å². The summed E-state index contributed by atoms with van der Waals surface area (Å²) in [4.78, 5) is 36.8. The number of carbonyl (C=O) groups excluding carboxylic acids is 3. The minimum Gasteiger partial charge on any atom is -0.462 e. The molecule has 0 aliphatic heterocycles. The van der Waals surface area contributed by atoms with Crippen molar-refractivity contribution in [2.75, 3.05) is 24.3 Å². The monoisotopic (exact) mass is 401 g/mol. The van der Waals surface area contributed by atoms with Gasteiger partial charge in [-0.15, -0.1) is 11.8 Å². The van der Waals surface area contributed by atoms with Crippen LogP contribution in [0.5, 0.6) is 0 Å². The van der Waals surface area contributed by atoms with Gasteiger partial charge in [-0.25, -0.2) is 4.79 Å². The van der Waals surface area contributed by atoms with E-state index in [-0.39, 0.29) is 17.9 Å². The number of benzene rings is 2. The number of thioether (sulfide) groups is 1. The van der Waals surface area contributed by atoms with Crippen LogP contribution < -0.4 is 5.32 Å². The zero-order valence-electron chi connectivity index (χ0n) is 16.1. The van der Waals surface area contributed by atoms with Crippen molar-refractivity contribution in [2.24, 2.45) is 0 Å². The number of para-hydroxylation sites is 1. The van der Waals surface area contributed by atoms with E-state index in [2.05, 4.69) is 5.32 Å². The second-order valence-corrected chi connectivity index (χ2v) is 7.06. The first-order valence-electron chi connectivity index (χ1n) is 8.82. The first-order chi connectivity index (χ1) is 13.4. The number of rotatable bonds is 8. The third-order valence-corrected chi connectivity index (χ3v) is 4.86. The fourth-order valence-corrected chi connectivity index (χ4v) is 3.09. The van der Waals surface area contributed by atoms with Crippen LogP contribution in [0.15, 0.2) is 47.4 Å². The number of hydrogen-bond donors (Lipinski definition) is 1. The van der Waals surface area contributed by atoms with Gasteiger partial charge in [0.1, 0.15) is 0 Å². The maximum Gasteiger partial charge on any atom is 0.340 e. The molecule has 28 heavy (non-hydrogen) atoms. The van der Waals surface area contributed by atoms with E-state index < -0.39 is 24.5 Å². The van der Waals surface area contributed by atoms with E-state index >= 15 is 0 Å². The standard InChI is InChI=1S/C21H23NO5S/c1-4-26-21(25)17-7-5-6-8-18(17)22-19(23)12-27-20(24)13-28-16-10-9-14(2)15(3)11-16/h5-11H,4,12-13H2,1-3H3,(H,22,23). The number of hydrogen-bond acceptors (Lipinski definition) is 6. The highest BCUT2D eigenvalue weighted by molar-refractivity contribution is 8.00. The number of nitrogens with one attached hydrogen (secondary N) is 1. The predicted molar refractivity (Wildman–Crippen MR) is 109 cm³/mol. The van der Waals surface area contributed by atoms with Gasteiger partial charge in [-0.05, 0) is 56.2 Å². The van der Waals surface area contributed by atoms with Crippen molar-refractivity contribution in [3.05, 3.63) is 59.2 Å². The number of amides is 1. The van der Waals surface area contributed by atoms with Crippen molar-refractivity contribution in [1.82, 2.24) is 0 Å². The first-order valence-corrected chi connectivity index (χ1v) is 9.81. The maximum absolute atomic E-state index is 12.1. The van der Waals surface area contributed by atoms with Gasteiger partial charge in [-0.3, -0.25) is 9.59 Å². The number of ether oxygens (including phenoxy) is 2. The van der Waals surface area contributed by atoms with Crippen molar-refractivity contribution in [2.45, 2.75) is 25.7 Å². The van der Waals surface area contributed by atoms with Gasteiger partial charge in [0.15, 0.2) is 6.61 Å². The smallest absolute Gasteiger partial charge is 0.340 e. The van der Waals surface area contributed by atoms with Crippen LogP contribution in [0.25, 0.3) is 0 Å². The molecule has 0 heterocycles. The molecule has 0 fully saturated rings. The molecule has 0 spiro atoms. The van der Waals surface area contributed by atoms with E-state index in [0.29, 0.717) is 5.69 Å². The van der Waals surface area contributed by atoms with Gasteiger partial charge in [0.05, 0.1) is 23.6 Å². The molecule has 0 bridgehead atoms. The highest BCUT2D eigenvalue weighted by atomic mass is 32.2. The van der Waals surface area contributed by atoms with Crippen LogP contribution >= 0.6 is 11.8 Å². The molecule has 1 amide bonds. The summed E-state index contributed by atoms with van der Waals surface area (Å²) in [5, 5.41) is 2.57. The average molecular weight is 401 g/mol. The Morgan fingerprint density at radius 2 is 1.75 bits per heavy atom. The van der Waals surface area contributed by atoms with Gasteiger partial charge in [-0.1, -0.05) is 18.2 Å². The van der Waals surface area contributed by atoms with Gasteiger partial charge >= 0.3 is 11.9 Å². The lowest BCUT2D eigenvalue weighted by molar-refractivity contribution is -0.144. The van der Waals surface area contributed by atoms with E-state index in [9.17, 15) is 14.4 Å². The Labute approximate surface area is 168 Å². The molecule has 0 aliphatic rings. The van der Waals surface area contributed by atoms with Crippen molar-refractivity contribution in [1.29, 1.82) is 0 Å². The normalized spacial score (nSPS) is 10.2. The quantitative estimate of drug-likeness (QED) is 0.536. The Kier molecular flexibility index (Phi) is 8.07. The van der Waals surface area contributed by atoms with E-state index in [1.54, 1.807) is 31.2 Å². The van der Waals surface area contributed by atoms with Gasteiger partial charge in [0.2, 0.25) is 0 Å². The summed E-state index contributed by atoms with van der Waals surface area (Å²) >= 11 is 1.35. The van der Waals surface area contributed by atoms with Crippen molar-refractivity contribution in [3.63, 3.8) is 0 Å². The molecule has 0 saturated heterocycles. The summed E-state index contributed by atoms with van der Waals surface area (Å²) in [6.07, 6.45) is 0. The van der Waals surface area contributed by atoms with E-state index in [1.165, 1.54) is 17.3 Å². The summed E-state index contributed by atoms with van der Waals surface area (Å²) in [5.41, 5.74) is 2.89. The van der Waals surface area contributed by atoms with Gasteiger partial charge in [0, 0.05) is 4.90 Å². The Bertz CT molecular complexity index is 866. The summed E-state index contributed by atoms with van der Waals surface area (Å²) in [5.74, 6) is -1.44. The molecule has 0 radical (unpaired) electrons. The average Bonchev–Trinajstić information content (AvgIpc) is 2.68. The molecule has 0 aromatic heterocycles. The Morgan fingerprint density at radius 1 is 1.00 bits per heavy atom. The van der Waals surface area contributed by atoms with E-state index in [4.69, 9.17) is 9.47 Å². The number of anilines is 1. The third-order valence-electron chi connectivity index (χ3n) is 3.90. The zero-order chi connectivity index (χ0) is 20.5. The van der Waals surface area contributed by atoms with Crippen LogP contribution in [0.1, 0.15) is 28.4 Å². The second-order valence-electron chi connectivity index (χ2n) is 6.01. The lowest BCUT2D eigenvalue weighted by Gasteiger charge is -2.10. The predicted octanol–water partition coefficient (Wildman–Crippen LogP) is 3.75. The molecular weight excluding hydrogens is 378 g/mol. The molecule has 0 saturated carbocycles. The summed E-state index contributed by atoms with van der Waals surface area (Å²) in [6.45, 7) is 5.54. The van der Waals surface area contributed by atoms with E-state index in [0.717, 1.165) is 10.5 Å². The molecule has 2 aromatic rings. The van der Waals surface area contributed by atoms with Crippen LogP contribution in [0.4, 0.5) is 5.69 Å². The van der Waals surface area contributed by atoms with Gasteiger partial charge < -0.3 is 14.8 Å². The fraction of sp³-hybridized carbons (Fsp3) is 0.286. The molecule has 0 unspecified atom stereocenters. The highest BCUT2D eigenvalue weighted by Crippen LogP contribution is 2.21. The van der Waals surface area contributed by atoms with Crippen molar-refractivity contribution in [3.8, 4) is 0 Å². The number of esters is 2. The summed E-state index contributed by atoms with van der Waals surface area (Å²) < 4.78 is 9.97. The lowest BCUT2D eigenvalue weighted by Crippen LogP contribution is -2.23. The highest BCUT2D eigenvalue weighted by Gasteiger charge is 2.15. The lowest BCUT2D eigenvalue weighted by atomic mass is 10.1. The molecular formula is C21H23NO5S. The van der Waals surface area contributed by atoms with Gasteiger partial charge in [-0.2, -0.15) is 0 Å². The van der Waals surface area contributed by atoms with Crippen LogP contribution in [0, 0.1) is 13.8 Å². The third kappa shape index (κ3) is 6.42. The van der Waals surface area contributed by atoms with E-state index in [1.807, 2.05) is 32.0 Å². The molecule has 2 rings (SSSR count). The minimum absolute atomic E-state index is 0.106. The zero-order valence-corrected chi connectivity index (χ0v) is 16.9. The van der Waals surface area contributed by atoms with Crippen LogP contribution in [-0.4, -0.2) is 36.8 Å². The van der Waals surface area contributed by atoms with Crippen molar-refractivity contribution < 1.29 is 23.9 Å². The Balaban J connectivity index is 1.83. The number of carbonyl (C=O) groups is 3. The largest absolute Gasteiger partial charge is 0.462 e. The van der Waals surface area contributed by atoms with Crippen LogP contribution in [-0.2, 0) is 19.1 Å². The second kappa shape index (κ2) is 10.5. The van der Waals surface area contributed by atoms with Crippen molar-refractivity contribution >= 4 is 35.3 Å². The van der Waals surface area contributed by atoms with Gasteiger partial charge in [0.25, 0.3) is 5.91 Å². The molecule has 6 nitrogen and oxygen atoms in total. The minimum atomic E-state index is -0.528. The summed E-state index contributed by atoms with van der Waals surface area (Å²) in [7, 11) is 0. The molecule has 0 atom stereocenters. The molecule has 1 N–H and O–H groups in total. The maximum atomic E-state index is 12.1. The number of aryl methyl sites for hydroxylation is 2. The molecule has 7 heteroatoms. The fourth-order valence-electron chi connectivity index (χ4n) is 2.30. The Morgan fingerprint density at radius 3 is 2.46 bits per heavy atom. The SMILES string of the molecule is CCOC(=O)c1ccccc1NC(=O)COC(=O)CSc1ccc(C)c(C)c1. The summed E-state index contributed by atoms with van der Waals surface area (Å²) in [6, 6.07) is 12.4. The molecule has 0 aliphatic carbocycles. The van der Waals surface area contributed by atoms with Crippen LogP contribution in [0.2, 0.25) is 0 Å². The molecule has 2 aromatic carbocycles. The molecule has 148 valence electrons. The Hall–Kier alpha value is -2.80. The first kappa shape index (κ1) is 21.5. The van der Waals surface area contributed by atoms with Crippen LogP contribution in [0.3, 0.4) is 0 Å².